The van der Waals surface area contributed by atoms with Gasteiger partial charge in [0.25, 0.3) is 11.6 Å². The highest BCUT2D eigenvalue weighted by Gasteiger charge is 2.18. The van der Waals surface area contributed by atoms with E-state index in [2.05, 4.69) is 15.5 Å². The molecule has 126 valence electrons. The number of nitrogens with one attached hydrogen (secondary N) is 1. The summed E-state index contributed by atoms with van der Waals surface area (Å²) in [4.78, 5) is 22.7. The van der Waals surface area contributed by atoms with Gasteiger partial charge in [0.1, 0.15) is 0 Å². The summed E-state index contributed by atoms with van der Waals surface area (Å²) in [6.07, 6.45) is 0. The Balaban J connectivity index is 1.84. The van der Waals surface area contributed by atoms with E-state index in [1.165, 1.54) is 18.2 Å². The Bertz CT molecular complexity index is 979. The van der Waals surface area contributed by atoms with Gasteiger partial charge in [0.2, 0.25) is 5.13 Å². The topological polar surface area (TPSA) is 98.0 Å². The number of rotatable bonds is 4. The highest BCUT2D eigenvalue weighted by Crippen LogP contribution is 2.32. The number of hydrogen-bond acceptors (Lipinski definition) is 6. The summed E-state index contributed by atoms with van der Waals surface area (Å²) in [6.45, 7) is 0. The Hall–Kier alpha value is -2.11. The van der Waals surface area contributed by atoms with Gasteiger partial charge in [-0.05, 0) is 34.7 Å². The number of carbonyl (C=O) groups is 1. The Morgan fingerprint density at radius 1 is 1.24 bits per heavy atom. The molecule has 2 aromatic carbocycles. The molecule has 7 nitrogen and oxygen atoms in total. The Kier molecular flexibility index (Phi) is 5.25. The molecular weight excluding hydrogens is 479 g/mol. The number of anilines is 1. The summed E-state index contributed by atoms with van der Waals surface area (Å²) >= 11 is 9.23. The molecule has 3 rings (SSSR count). The maximum absolute atomic E-state index is 12.4. The average molecular weight is 487 g/mol. The number of non-ortho nitro benzene ring substituents is 1. The highest BCUT2D eigenvalue weighted by molar-refractivity contribution is 14.1. The maximum atomic E-state index is 12.4. The molecule has 0 radical (unpaired) electrons. The van der Waals surface area contributed by atoms with E-state index in [0.29, 0.717) is 19.2 Å². The predicted octanol–water partition coefficient (Wildman–Crippen LogP) is 4.62. The monoisotopic (exact) mass is 486 g/mol. The van der Waals surface area contributed by atoms with E-state index in [0.717, 1.165) is 11.3 Å². The van der Waals surface area contributed by atoms with E-state index in [4.69, 9.17) is 11.6 Å². The molecule has 0 spiro atoms. The second-order valence-electron chi connectivity index (χ2n) is 4.77. The fourth-order valence-electron chi connectivity index (χ4n) is 1.98. The summed E-state index contributed by atoms with van der Waals surface area (Å²) in [5.74, 6) is -0.491. The van der Waals surface area contributed by atoms with Crippen LogP contribution in [0.3, 0.4) is 0 Å². The van der Waals surface area contributed by atoms with Crippen LogP contribution in [0.25, 0.3) is 10.6 Å². The van der Waals surface area contributed by atoms with Crippen LogP contribution < -0.4 is 5.32 Å². The van der Waals surface area contributed by atoms with Crippen molar-refractivity contribution in [2.75, 3.05) is 5.32 Å². The highest BCUT2D eigenvalue weighted by atomic mass is 127. The van der Waals surface area contributed by atoms with E-state index in [1.54, 1.807) is 18.2 Å². The molecule has 1 amide bonds. The molecule has 0 aliphatic carbocycles. The van der Waals surface area contributed by atoms with Gasteiger partial charge >= 0.3 is 0 Å². The molecule has 10 heteroatoms. The van der Waals surface area contributed by atoms with Crippen LogP contribution in [0.4, 0.5) is 10.8 Å². The number of nitrogens with zero attached hydrogens (tertiary/aromatic N) is 3. The third-order valence-electron chi connectivity index (χ3n) is 3.16. The summed E-state index contributed by atoms with van der Waals surface area (Å²) in [7, 11) is 0. The molecule has 1 aromatic heterocycles. The van der Waals surface area contributed by atoms with Gasteiger partial charge in [-0.1, -0.05) is 41.1 Å². The normalized spacial score (nSPS) is 10.5. The van der Waals surface area contributed by atoms with Crippen molar-refractivity contribution >= 4 is 62.3 Å². The van der Waals surface area contributed by atoms with Crippen molar-refractivity contribution < 1.29 is 9.72 Å². The van der Waals surface area contributed by atoms with Crippen LogP contribution in [-0.2, 0) is 0 Å². The third kappa shape index (κ3) is 3.94. The van der Waals surface area contributed by atoms with E-state index >= 15 is 0 Å². The molecule has 25 heavy (non-hydrogen) atoms. The van der Waals surface area contributed by atoms with Crippen LogP contribution in [-0.4, -0.2) is 21.0 Å². The average Bonchev–Trinajstić information content (AvgIpc) is 3.03. The number of nitro benzene ring substituents is 1. The van der Waals surface area contributed by atoms with Crippen LogP contribution in [0, 0.1) is 13.7 Å². The van der Waals surface area contributed by atoms with E-state index in [9.17, 15) is 14.9 Å². The van der Waals surface area contributed by atoms with Crippen molar-refractivity contribution in [2.24, 2.45) is 0 Å². The minimum Gasteiger partial charge on any atom is -0.296 e. The van der Waals surface area contributed by atoms with Crippen molar-refractivity contribution in [2.45, 2.75) is 0 Å². The lowest BCUT2D eigenvalue weighted by Gasteiger charge is -2.03. The Morgan fingerprint density at radius 3 is 2.72 bits per heavy atom. The summed E-state index contributed by atoms with van der Waals surface area (Å²) in [5, 5.41) is 22.8. The van der Waals surface area contributed by atoms with E-state index in [1.807, 2.05) is 28.7 Å². The second kappa shape index (κ2) is 7.42. The molecule has 3 aromatic rings. The molecule has 1 N–H and O–H groups in total. The first-order valence-electron chi connectivity index (χ1n) is 6.79. The number of halogens is 2. The zero-order valence-corrected chi connectivity index (χ0v) is 16.0. The molecule has 0 aliphatic heterocycles. The fourth-order valence-corrected chi connectivity index (χ4v) is 3.62. The lowest BCUT2D eigenvalue weighted by atomic mass is 10.2. The number of benzene rings is 2. The lowest BCUT2D eigenvalue weighted by molar-refractivity contribution is -0.384. The van der Waals surface area contributed by atoms with Gasteiger partial charge in [0.05, 0.1) is 15.5 Å². The van der Waals surface area contributed by atoms with Crippen LogP contribution in [0.2, 0.25) is 5.02 Å². The van der Waals surface area contributed by atoms with Gasteiger partial charge in [-0.15, -0.1) is 10.2 Å². The molecule has 0 saturated carbocycles. The van der Waals surface area contributed by atoms with Crippen LogP contribution in [0.1, 0.15) is 10.4 Å². The smallest absolute Gasteiger partial charge is 0.270 e. The standard InChI is InChI=1S/C15H8ClIN4O3S/c16-11-4-2-1-3-9(11)14-19-20-15(25-14)18-13(22)10-7-8(21(23)24)5-6-12(10)17/h1-7H,(H,18,20,22). The second-order valence-corrected chi connectivity index (χ2v) is 7.31. The fraction of sp³-hybridized carbons (Fsp3) is 0. The SMILES string of the molecule is O=C(Nc1nnc(-c2ccccc2Cl)s1)c1cc([N+](=O)[O-])ccc1I. The first-order valence-corrected chi connectivity index (χ1v) is 9.06. The maximum Gasteiger partial charge on any atom is 0.270 e. The van der Waals surface area contributed by atoms with Crippen molar-refractivity contribution in [1.82, 2.24) is 10.2 Å². The van der Waals surface area contributed by atoms with Crippen molar-refractivity contribution in [3.8, 4) is 10.6 Å². The minimum atomic E-state index is -0.548. The largest absolute Gasteiger partial charge is 0.296 e. The molecule has 0 fully saturated rings. The molecule has 1 heterocycles. The Morgan fingerprint density at radius 2 is 2.00 bits per heavy atom. The van der Waals surface area contributed by atoms with Gasteiger partial charge in [-0.25, -0.2) is 0 Å². The minimum absolute atomic E-state index is 0.153. The van der Waals surface area contributed by atoms with E-state index in [-0.39, 0.29) is 16.4 Å². The number of aromatic nitrogens is 2. The molecule has 0 bridgehead atoms. The van der Waals surface area contributed by atoms with Crippen LogP contribution >= 0.6 is 45.5 Å². The number of nitro groups is 1. The van der Waals surface area contributed by atoms with Crippen molar-refractivity contribution in [3.63, 3.8) is 0 Å². The molecule has 0 saturated heterocycles. The van der Waals surface area contributed by atoms with E-state index < -0.39 is 10.8 Å². The zero-order valence-electron chi connectivity index (χ0n) is 12.3. The molecule has 0 unspecified atom stereocenters. The summed E-state index contributed by atoms with van der Waals surface area (Å²) in [5.41, 5.74) is 0.760. The van der Waals surface area contributed by atoms with Crippen molar-refractivity contribution in [3.05, 3.63) is 66.7 Å². The summed E-state index contributed by atoms with van der Waals surface area (Å²) in [6, 6.07) is 11.3. The van der Waals surface area contributed by atoms with Crippen LogP contribution in [0.15, 0.2) is 42.5 Å². The van der Waals surface area contributed by atoms with Crippen molar-refractivity contribution in [1.29, 1.82) is 0 Å². The quantitative estimate of drug-likeness (QED) is 0.330. The zero-order chi connectivity index (χ0) is 18.0. The third-order valence-corrected chi connectivity index (χ3v) is 5.30. The molecule has 0 aliphatic rings. The first kappa shape index (κ1) is 17.7. The lowest BCUT2D eigenvalue weighted by Crippen LogP contribution is -2.13. The number of hydrogen-bond donors (Lipinski definition) is 1. The Labute approximate surface area is 164 Å². The predicted molar refractivity (Wildman–Crippen MR) is 104 cm³/mol. The van der Waals surface area contributed by atoms with Gasteiger partial charge < -0.3 is 0 Å². The first-order chi connectivity index (χ1) is 12.0. The molecule has 0 atom stereocenters. The summed E-state index contributed by atoms with van der Waals surface area (Å²) < 4.78 is 0.594. The van der Waals surface area contributed by atoms with Gasteiger partial charge in [-0.2, -0.15) is 0 Å². The van der Waals surface area contributed by atoms with Gasteiger partial charge in [0, 0.05) is 21.3 Å². The van der Waals surface area contributed by atoms with Gasteiger partial charge in [0.15, 0.2) is 5.01 Å². The van der Waals surface area contributed by atoms with Gasteiger partial charge in [-0.3, -0.25) is 20.2 Å². The number of amides is 1. The molecular formula is C15H8ClIN4O3S. The number of carbonyl (C=O) groups excluding carboxylic acids is 1. The van der Waals surface area contributed by atoms with Crippen LogP contribution in [0.5, 0.6) is 0 Å².